The van der Waals surface area contributed by atoms with Gasteiger partial charge in [0, 0.05) is 12.0 Å². The van der Waals surface area contributed by atoms with Crippen LogP contribution in [-0.4, -0.2) is 29.8 Å². The van der Waals surface area contributed by atoms with Gasteiger partial charge >= 0.3 is 6.18 Å². The number of halogens is 3. The van der Waals surface area contributed by atoms with E-state index >= 15 is 0 Å². The van der Waals surface area contributed by atoms with E-state index in [-0.39, 0.29) is 11.5 Å². The molecule has 3 nitrogen and oxygen atoms in total. The Bertz CT molecular complexity index is 483. The Morgan fingerprint density at radius 2 is 2.05 bits per heavy atom. The molecule has 1 atom stereocenters. The summed E-state index contributed by atoms with van der Waals surface area (Å²) in [5.41, 5.74) is 1.39. The molecule has 1 aromatic carbocycles. The Hall–Kier alpha value is -1.56. The zero-order valence-corrected chi connectivity index (χ0v) is 10.0. The van der Waals surface area contributed by atoms with Gasteiger partial charge in [-0.15, -0.1) is 0 Å². The SMILES string of the molecule is O=C1CCCc2cc(OCC(O)C(F)(F)F)ccc21. The first-order valence-corrected chi connectivity index (χ1v) is 5.91. The number of aliphatic hydroxyl groups excluding tert-OH is 1. The molecule has 0 aliphatic heterocycles. The van der Waals surface area contributed by atoms with E-state index in [1.54, 1.807) is 12.1 Å². The first kappa shape index (κ1) is 13.9. The molecule has 1 aliphatic carbocycles. The number of carbonyl (C=O) groups is 1. The molecule has 0 aromatic heterocycles. The Morgan fingerprint density at radius 3 is 2.74 bits per heavy atom. The Labute approximate surface area is 108 Å². The van der Waals surface area contributed by atoms with Gasteiger partial charge in [-0.1, -0.05) is 0 Å². The fraction of sp³-hybridized carbons (Fsp3) is 0.462. The van der Waals surface area contributed by atoms with Crippen molar-refractivity contribution >= 4 is 5.78 Å². The molecule has 0 fully saturated rings. The maximum atomic E-state index is 12.1. The lowest BCUT2D eigenvalue weighted by Crippen LogP contribution is -2.34. The molecule has 0 saturated heterocycles. The lowest BCUT2D eigenvalue weighted by molar-refractivity contribution is -0.210. The summed E-state index contributed by atoms with van der Waals surface area (Å²) in [5, 5.41) is 8.82. The van der Waals surface area contributed by atoms with Gasteiger partial charge in [0.1, 0.15) is 12.4 Å². The highest BCUT2D eigenvalue weighted by atomic mass is 19.4. The van der Waals surface area contributed by atoms with Crippen LogP contribution in [0.2, 0.25) is 0 Å². The van der Waals surface area contributed by atoms with Gasteiger partial charge in [-0.25, -0.2) is 0 Å². The number of aryl methyl sites for hydroxylation is 1. The van der Waals surface area contributed by atoms with E-state index in [1.807, 2.05) is 0 Å². The van der Waals surface area contributed by atoms with Crippen molar-refractivity contribution in [3.05, 3.63) is 29.3 Å². The molecule has 0 bridgehead atoms. The highest BCUT2D eigenvalue weighted by molar-refractivity contribution is 5.98. The lowest BCUT2D eigenvalue weighted by Gasteiger charge is -2.18. The molecule has 104 valence electrons. The first-order chi connectivity index (χ1) is 8.88. The number of ketones is 1. The molecule has 2 rings (SSSR count). The van der Waals surface area contributed by atoms with E-state index in [0.717, 1.165) is 12.0 Å². The van der Waals surface area contributed by atoms with Crippen molar-refractivity contribution in [2.24, 2.45) is 0 Å². The van der Waals surface area contributed by atoms with Gasteiger partial charge in [-0.3, -0.25) is 4.79 Å². The van der Waals surface area contributed by atoms with Crippen LogP contribution in [0.4, 0.5) is 13.2 Å². The van der Waals surface area contributed by atoms with E-state index < -0.39 is 18.9 Å². The van der Waals surface area contributed by atoms with Crippen LogP contribution in [0.5, 0.6) is 5.75 Å². The van der Waals surface area contributed by atoms with Crippen LogP contribution < -0.4 is 4.74 Å². The summed E-state index contributed by atoms with van der Waals surface area (Å²) < 4.78 is 41.2. The third kappa shape index (κ3) is 3.26. The standard InChI is InChI=1S/C13H13F3O3/c14-13(15,16)12(18)7-19-9-4-5-10-8(6-9)2-1-3-11(10)17/h4-6,12,18H,1-3,7H2. The minimum Gasteiger partial charge on any atom is -0.491 e. The summed E-state index contributed by atoms with van der Waals surface area (Å²) in [6, 6.07) is 4.58. The second-order valence-corrected chi connectivity index (χ2v) is 4.46. The summed E-state index contributed by atoms with van der Waals surface area (Å²) >= 11 is 0. The first-order valence-electron chi connectivity index (χ1n) is 5.91. The highest BCUT2D eigenvalue weighted by Crippen LogP contribution is 2.26. The Kier molecular flexibility index (Phi) is 3.80. The molecule has 1 aliphatic rings. The maximum Gasteiger partial charge on any atom is 0.417 e. The number of hydrogen-bond donors (Lipinski definition) is 1. The van der Waals surface area contributed by atoms with Crippen molar-refractivity contribution < 1.29 is 27.8 Å². The maximum absolute atomic E-state index is 12.1. The molecule has 0 saturated carbocycles. The predicted octanol–water partition coefficient (Wildman–Crippen LogP) is 2.51. The van der Waals surface area contributed by atoms with Crippen molar-refractivity contribution in [1.82, 2.24) is 0 Å². The lowest BCUT2D eigenvalue weighted by atomic mass is 9.90. The van der Waals surface area contributed by atoms with Crippen molar-refractivity contribution in [3.63, 3.8) is 0 Å². The number of fused-ring (bicyclic) bond motifs is 1. The van der Waals surface area contributed by atoms with Crippen LogP contribution >= 0.6 is 0 Å². The van der Waals surface area contributed by atoms with E-state index in [9.17, 15) is 18.0 Å². The fourth-order valence-corrected chi connectivity index (χ4v) is 1.98. The van der Waals surface area contributed by atoms with Crippen molar-refractivity contribution in [2.75, 3.05) is 6.61 Å². The number of alkyl halides is 3. The number of hydrogen-bond acceptors (Lipinski definition) is 3. The summed E-state index contributed by atoms with van der Waals surface area (Å²) in [6.07, 6.45) is -5.25. The normalized spacial score (nSPS) is 16.9. The van der Waals surface area contributed by atoms with Crippen LogP contribution in [0.15, 0.2) is 18.2 Å². The van der Waals surface area contributed by atoms with E-state index in [1.165, 1.54) is 6.07 Å². The zero-order valence-electron chi connectivity index (χ0n) is 10.0. The average Bonchev–Trinajstić information content (AvgIpc) is 2.35. The van der Waals surface area contributed by atoms with Crippen molar-refractivity contribution in [3.8, 4) is 5.75 Å². The summed E-state index contributed by atoms with van der Waals surface area (Å²) in [7, 11) is 0. The second-order valence-electron chi connectivity index (χ2n) is 4.46. The smallest absolute Gasteiger partial charge is 0.417 e. The molecule has 1 N–H and O–H groups in total. The van der Waals surface area contributed by atoms with Gasteiger partial charge in [-0.2, -0.15) is 13.2 Å². The second kappa shape index (κ2) is 5.21. The number of carbonyl (C=O) groups excluding carboxylic acids is 1. The summed E-state index contributed by atoms with van der Waals surface area (Å²) in [6.45, 7) is -0.851. The molecular weight excluding hydrogens is 261 g/mol. The molecule has 0 heterocycles. The van der Waals surface area contributed by atoms with Crippen molar-refractivity contribution in [1.29, 1.82) is 0 Å². The predicted molar refractivity (Wildman–Crippen MR) is 61.3 cm³/mol. The Morgan fingerprint density at radius 1 is 1.32 bits per heavy atom. The van der Waals surface area contributed by atoms with Crippen LogP contribution in [0.1, 0.15) is 28.8 Å². The van der Waals surface area contributed by atoms with Crippen LogP contribution in [0.25, 0.3) is 0 Å². The van der Waals surface area contributed by atoms with Crippen molar-refractivity contribution in [2.45, 2.75) is 31.5 Å². The third-order valence-electron chi connectivity index (χ3n) is 3.01. The zero-order chi connectivity index (χ0) is 14.0. The van der Waals surface area contributed by atoms with Crippen LogP contribution in [-0.2, 0) is 6.42 Å². The van der Waals surface area contributed by atoms with Gasteiger partial charge in [0.15, 0.2) is 11.9 Å². The van der Waals surface area contributed by atoms with Crippen LogP contribution in [0, 0.1) is 0 Å². The number of aliphatic hydroxyl groups is 1. The molecule has 6 heteroatoms. The molecule has 0 radical (unpaired) electrons. The molecule has 0 spiro atoms. The Balaban J connectivity index is 2.05. The number of ether oxygens (including phenoxy) is 1. The topological polar surface area (TPSA) is 46.5 Å². The third-order valence-corrected chi connectivity index (χ3v) is 3.01. The van der Waals surface area contributed by atoms with Gasteiger partial charge in [0.05, 0.1) is 0 Å². The van der Waals surface area contributed by atoms with Gasteiger partial charge in [-0.05, 0) is 36.6 Å². The molecule has 19 heavy (non-hydrogen) atoms. The fourth-order valence-electron chi connectivity index (χ4n) is 1.98. The number of Topliss-reactive ketones (excluding diaryl/α,β-unsaturated/α-hetero) is 1. The number of rotatable bonds is 3. The summed E-state index contributed by atoms with van der Waals surface area (Å²) in [4.78, 5) is 11.6. The minimum absolute atomic E-state index is 0.0446. The molecular formula is C13H13F3O3. The summed E-state index contributed by atoms with van der Waals surface area (Å²) in [5.74, 6) is 0.278. The number of benzene rings is 1. The molecule has 0 amide bonds. The van der Waals surface area contributed by atoms with Crippen LogP contribution in [0.3, 0.4) is 0 Å². The van der Waals surface area contributed by atoms with E-state index in [0.29, 0.717) is 18.4 Å². The van der Waals surface area contributed by atoms with E-state index in [2.05, 4.69) is 0 Å². The van der Waals surface area contributed by atoms with Gasteiger partial charge in [0.2, 0.25) is 0 Å². The monoisotopic (exact) mass is 274 g/mol. The van der Waals surface area contributed by atoms with Gasteiger partial charge < -0.3 is 9.84 Å². The molecule has 1 unspecified atom stereocenters. The van der Waals surface area contributed by atoms with E-state index in [4.69, 9.17) is 9.84 Å². The largest absolute Gasteiger partial charge is 0.491 e. The average molecular weight is 274 g/mol. The van der Waals surface area contributed by atoms with Gasteiger partial charge in [0.25, 0.3) is 0 Å². The quantitative estimate of drug-likeness (QED) is 0.921. The minimum atomic E-state index is -4.69. The highest BCUT2D eigenvalue weighted by Gasteiger charge is 2.38. The molecule has 1 aromatic rings.